The Morgan fingerprint density at radius 1 is 1.10 bits per heavy atom. The summed E-state index contributed by atoms with van der Waals surface area (Å²) in [5.41, 5.74) is -0.450. The third kappa shape index (κ3) is 4.88. The van der Waals surface area contributed by atoms with Gasteiger partial charge in [0.1, 0.15) is 6.54 Å². The van der Waals surface area contributed by atoms with Crippen LogP contribution in [0.3, 0.4) is 0 Å². The van der Waals surface area contributed by atoms with Crippen molar-refractivity contribution >= 4 is 33.3 Å². The molecule has 0 heterocycles. The van der Waals surface area contributed by atoms with Crippen molar-refractivity contribution in [3.8, 4) is 0 Å². The van der Waals surface area contributed by atoms with E-state index in [4.69, 9.17) is 4.74 Å². The topological polar surface area (TPSA) is 133 Å². The molecule has 10 nitrogen and oxygen atoms in total. The normalized spacial score (nSPS) is 10.8. The van der Waals surface area contributed by atoms with E-state index in [9.17, 15) is 28.1 Å². The summed E-state index contributed by atoms with van der Waals surface area (Å²) in [5.74, 6) is -1.63. The van der Waals surface area contributed by atoms with E-state index in [0.717, 1.165) is 31.4 Å². The van der Waals surface area contributed by atoms with E-state index in [1.807, 2.05) is 0 Å². The fraction of sp³-hybridized carbons (Fsp3) is 0.222. The Morgan fingerprint density at radius 3 is 2.28 bits per heavy atom. The largest absolute Gasteiger partial charge is 0.468 e. The van der Waals surface area contributed by atoms with Crippen LogP contribution in [0.1, 0.15) is 17.3 Å². The first-order valence-electron chi connectivity index (χ1n) is 8.32. The molecule has 0 fully saturated rings. The number of esters is 2. The molecule has 0 aliphatic rings. The molecule has 0 unspecified atom stereocenters. The zero-order chi connectivity index (χ0) is 21.6. The van der Waals surface area contributed by atoms with Crippen LogP contribution in [-0.2, 0) is 24.3 Å². The third-order valence-electron chi connectivity index (χ3n) is 3.80. The standard InChI is InChI=1S/C18H18N2O8S/c1-3-28-18(22)15-6-4-5-7-16(15)19(12-17(21)27-2)29(25,26)14-10-8-13(9-11-14)20(23)24/h4-11H,3,12H2,1-2H3. The van der Waals surface area contributed by atoms with Gasteiger partial charge in [-0.15, -0.1) is 0 Å². The fourth-order valence-electron chi connectivity index (χ4n) is 2.42. The predicted octanol–water partition coefficient (Wildman–Crippen LogP) is 2.14. The van der Waals surface area contributed by atoms with Crippen LogP contribution < -0.4 is 4.31 Å². The Morgan fingerprint density at radius 2 is 1.72 bits per heavy atom. The Labute approximate surface area is 166 Å². The van der Waals surface area contributed by atoms with Crippen LogP contribution in [0.4, 0.5) is 11.4 Å². The van der Waals surface area contributed by atoms with Crippen LogP contribution in [0.15, 0.2) is 53.4 Å². The van der Waals surface area contributed by atoms with Gasteiger partial charge in [-0.05, 0) is 31.2 Å². The summed E-state index contributed by atoms with van der Waals surface area (Å²) in [6.45, 7) is 0.950. The highest BCUT2D eigenvalue weighted by Crippen LogP contribution is 2.28. The molecule has 0 saturated heterocycles. The minimum atomic E-state index is -4.37. The van der Waals surface area contributed by atoms with Gasteiger partial charge < -0.3 is 9.47 Å². The molecule has 0 N–H and O–H groups in total. The van der Waals surface area contributed by atoms with Crippen molar-refractivity contribution in [3.05, 3.63) is 64.2 Å². The number of rotatable bonds is 8. The summed E-state index contributed by atoms with van der Waals surface area (Å²) in [5, 5.41) is 10.8. The minimum Gasteiger partial charge on any atom is -0.468 e. The molecular weight excluding hydrogens is 404 g/mol. The highest BCUT2D eigenvalue weighted by atomic mass is 32.2. The average molecular weight is 422 g/mol. The lowest BCUT2D eigenvalue weighted by Gasteiger charge is -2.25. The van der Waals surface area contributed by atoms with Crippen LogP contribution in [0, 0.1) is 10.1 Å². The number of methoxy groups -OCH3 is 1. The maximum atomic E-state index is 13.2. The number of carbonyl (C=O) groups excluding carboxylic acids is 2. The summed E-state index contributed by atoms with van der Waals surface area (Å²) in [6.07, 6.45) is 0. The van der Waals surface area contributed by atoms with Gasteiger partial charge in [-0.1, -0.05) is 12.1 Å². The molecule has 11 heteroatoms. The minimum absolute atomic E-state index is 0.0660. The molecule has 0 bridgehead atoms. The summed E-state index contributed by atoms with van der Waals surface area (Å²) in [6, 6.07) is 9.87. The molecule has 0 spiro atoms. The lowest BCUT2D eigenvalue weighted by atomic mass is 10.2. The lowest BCUT2D eigenvalue weighted by Crippen LogP contribution is -2.37. The van der Waals surface area contributed by atoms with Crippen LogP contribution in [-0.4, -0.2) is 45.5 Å². The summed E-state index contributed by atoms with van der Waals surface area (Å²) in [7, 11) is -3.28. The van der Waals surface area contributed by atoms with Crippen LogP contribution in [0.5, 0.6) is 0 Å². The van der Waals surface area contributed by atoms with Gasteiger partial charge in [0.25, 0.3) is 15.7 Å². The maximum Gasteiger partial charge on any atom is 0.340 e. The molecule has 0 amide bonds. The Bertz CT molecular complexity index is 1020. The van der Waals surface area contributed by atoms with Crippen LogP contribution >= 0.6 is 0 Å². The predicted molar refractivity (Wildman–Crippen MR) is 102 cm³/mol. The second-order valence-electron chi connectivity index (χ2n) is 5.58. The van der Waals surface area contributed by atoms with Crippen molar-refractivity contribution in [3.63, 3.8) is 0 Å². The third-order valence-corrected chi connectivity index (χ3v) is 5.58. The molecule has 0 atom stereocenters. The number of anilines is 1. The number of para-hydroxylation sites is 1. The highest BCUT2D eigenvalue weighted by Gasteiger charge is 2.31. The molecule has 0 aliphatic carbocycles. The number of hydrogen-bond donors (Lipinski definition) is 0. The van der Waals surface area contributed by atoms with E-state index in [1.165, 1.54) is 24.3 Å². The Kier molecular flexibility index (Phi) is 6.89. The molecule has 2 aromatic rings. The van der Waals surface area contributed by atoms with Gasteiger partial charge in [0, 0.05) is 12.1 Å². The second kappa shape index (κ2) is 9.15. The average Bonchev–Trinajstić information content (AvgIpc) is 2.71. The second-order valence-corrected chi connectivity index (χ2v) is 7.44. The number of nitro groups is 1. The molecular formula is C18H18N2O8S. The number of nitro benzene ring substituents is 1. The number of non-ortho nitro benzene ring substituents is 1. The highest BCUT2D eigenvalue weighted by molar-refractivity contribution is 7.92. The first-order chi connectivity index (χ1) is 13.7. The molecule has 154 valence electrons. The first-order valence-corrected chi connectivity index (χ1v) is 9.76. The molecule has 29 heavy (non-hydrogen) atoms. The summed E-state index contributed by atoms with van der Waals surface area (Å²) < 4.78 is 36.6. The van der Waals surface area contributed by atoms with Gasteiger partial charge in [0.15, 0.2) is 0 Å². The number of carbonyl (C=O) groups is 2. The SMILES string of the molecule is CCOC(=O)c1ccccc1N(CC(=O)OC)S(=O)(=O)c1ccc([N+](=O)[O-])cc1. The van der Waals surface area contributed by atoms with Crippen molar-refractivity contribution < 1.29 is 32.4 Å². The molecule has 0 saturated carbocycles. The number of benzene rings is 2. The summed E-state index contributed by atoms with van der Waals surface area (Å²) in [4.78, 5) is 34.0. The fourth-order valence-corrected chi connectivity index (χ4v) is 3.85. The van der Waals surface area contributed by atoms with Gasteiger partial charge in [0.05, 0.1) is 34.8 Å². The van der Waals surface area contributed by atoms with Crippen molar-refractivity contribution in [1.29, 1.82) is 0 Å². The van der Waals surface area contributed by atoms with E-state index in [0.29, 0.717) is 4.31 Å². The zero-order valence-electron chi connectivity index (χ0n) is 15.6. The van der Waals surface area contributed by atoms with E-state index in [1.54, 1.807) is 6.92 Å². The number of sulfonamides is 1. The number of ether oxygens (including phenoxy) is 2. The van der Waals surface area contributed by atoms with Crippen molar-refractivity contribution in [2.45, 2.75) is 11.8 Å². The van der Waals surface area contributed by atoms with Crippen LogP contribution in [0.25, 0.3) is 0 Å². The Hall–Kier alpha value is -3.47. The van der Waals surface area contributed by atoms with E-state index < -0.39 is 33.4 Å². The number of hydrogen-bond acceptors (Lipinski definition) is 8. The van der Waals surface area contributed by atoms with Gasteiger partial charge in [-0.2, -0.15) is 0 Å². The quantitative estimate of drug-likeness (QED) is 0.359. The van der Waals surface area contributed by atoms with Crippen LogP contribution in [0.2, 0.25) is 0 Å². The molecule has 2 aromatic carbocycles. The Balaban J connectivity index is 2.60. The monoisotopic (exact) mass is 422 g/mol. The van der Waals surface area contributed by atoms with E-state index >= 15 is 0 Å². The van der Waals surface area contributed by atoms with Crippen molar-refractivity contribution in [1.82, 2.24) is 0 Å². The zero-order valence-corrected chi connectivity index (χ0v) is 16.4. The lowest BCUT2D eigenvalue weighted by molar-refractivity contribution is -0.384. The smallest absolute Gasteiger partial charge is 0.340 e. The van der Waals surface area contributed by atoms with Gasteiger partial charge in [-0.25, -0.2) is 13.2 Å². The van der Waals surface area contributed by atoms with Crippen molar-refractivity contribution in [2.24, 2.45) is 0 Å². The summed E-state index contributed by atoms with van der Waals surface area (Å²) >= 11 is 0. The molecule has 0 radical (unpaired) electrons. The van der Waals surface area contributed by atoms with Crippen molar-refractivity contribution in [2.75, 3.05) is 24.6 Å². The van der Waals surface area contributed by atoms with Gasteiger partial charge in [0.2, 0.25) is 0 Å². The molecule has 0 aliphatic heterocycles. The van der Waals surface area contributed by atoms with Gasteiger partial charge in [-0.3, -0.25) is 19.2 Å². The maximum absolute atomic E-state index is 13.2. The molecule has 0 aromatic heterocycles. The van der Waals surface area contributed by atoms with E-state index in [-0.39, 0.29) is 28.4 Å². The molecule has 2 rings (SSSR count). The van der Waals surface area contributed by atoms with E-state index in [2.05, 4.69) is 4.74 Å². The number of nitrogens with zero attached hydrogens (tertiary/aromatic N) is 2. The first kappa shape index (κ1) is 21.8. The van der Waals surface area contributed by atoms with Gasteiger partial charge >= 0.3 is 11.9 Å².